The van der Waals surface area contributed by atoms with Gasteiger partial charge < -0.3 is 15.5 Å². The summed E-state index contributed by atoms with van der Waals surface area (Å²) in [5, 5.41) is 6.47. The van der Waals surface area contributed by atoms with Gasteiger partial charge in [-0.1, -0.05) is 24.6 Å². The topological polar surface area (TPSA) is 44.4 Å². The van der Waals surface area contributed by atoms with Crippen LogP contribution in [-0.2, 0) is 0 Å². The fourth-order valence-corrected chi connectivity index (χ4v) is 2.56. The van der Waals surface area contributed by atoms with E-state index in [1.807, 2.05) is 35.2 Å². The molecule has 0 spiro atoms. The van der Waals surface area contributed by atoms with Crippen molar-refractivity contribution < 1.29 is 4.79 Å². The summed E-state index contributed by atoms with van der Waals surface area (Å²) in [6.45, 7) is 5.97. The predicted molar refractivity (Wildman–Crippen MR) is 82.9 cm³/mol. The molecule has 0 saturated carbocycles. The van der Waals surface area contributed by atoms with Gasteiger partial charge in [-0.2, -0.15) is 0 Å². The molecule has 0 aliphatic carbocycles. The number of nitrogens with one attached hydrogen (secondary N) is 2. The van der Waals surface area contributed by atoms with Crippen LogP contribution in [0.25, 0.3) is 0 Å². The number of anilines is 1. The summed E-state index contributed by atoms with van der Waals surface area (Å²) in [5.41, 5.74) is 0.847. The van der Waals surface area contributed by atoms with Crippen LogP contribution in [0.4, 0.5) is 10.5 Å². The highest BCUT2D eigenvalue weighted by molar-refractivity contribution is 5.89. The van der Waals surface area contributed by atoms with E-state index < -0.39 is 0 Å². The first-order valence-corrected chi connectivity index (χ1v) is 7.53. The van der Waals surface area contributed by atoms with E-state index >= 15 is 0 Å². The molecule has 0 radical (unpaired) electrons. The molecule has 4 heteroatoms. The molecule has 2 N–H and O–H groups in total. The summed E-state index contributed by atoms with van der Waals surface area (Å²) in [6.07, 6.45) is 3.65. The van der Waals surface area contributed by atoms with Gasteiger partial charge in [0.25, 0.3) is 0 Å². The zero-order valence-corrected chi connectivity index (χ0v) is 12.4. The highest BCUT2D eigenvalue weighted by atomic mass is 16.2. The zero-order chi connectivity index (χ0) is 14.4. The highest BCUT2D eigenvalue weighted by Crippen LogP contribution is 2.13. The van der Waals surface area contributed by atoms with Crippen LogP contribution in [-0.4, -0.2) is 36.1 Å². The van der Waals surface area contributed by atoms with Gasteiger partial charge in [0.05, 0.1) is 0 Å². The number of hydrogen-bond acceptors (Lipinski definition) is 2. The molecule has 2 amide bonds. The Kier molecular flexibility index (Phi) is 5.41. The van der Waals surface area contributed by atoms with Crippen LogP contribution in [0.3, 0.4) is 0 Å². The van der Waals surface area contributed by atoms with Crippen molar-refractivity contribution in [2.24, 2.45) is 0 Å². The normalized spacial score (nSPS) is 18.9. The zero-order valence-electron chi connectivity index (χ0n) is 12.4. The Bertz CT molecular complexity index is 413. The smallest absolute Gasteiger partial charge is 0.321 e. The van der Waals surface area contributed by atoms with Gasteiger partial charge in [-0.3, -0.25) is 0 Å². The lowest BCUT2D eigenvalue weighted by molar-refractivity contribution is 0.183. The molecule has 2 rings (SSSR count). The molecule has 110 valence electrons. The highest BCUT2D eigenvalue weighted by Gasteiger charge is 2.22. The molecule has 4 nitrogen and oxygen atoms in total. The molecule has 1 heterocycles. The van der Waals surface area contributed by atoms with E-state index in [0.717, 1.165) is 25.2 Å². The lowest BCUT2D eigenvalue weighted by atomic mass is 10.0. The van der Waals surface area contributed by atoms with Crippen molar-refractivity contribution in [3.63, 3.8) is 0 Å². The number of para-hydroxylation sites is 1. The maximum atomic E-state index is 12.4. The quantitative estimate of drug-likeness (QED) is 0.887. The van der Waals surface area contributed by atoms with Crippen LogP contribution in [0.15, 0.2) is 30.3 Å². The maximum absolute atomic E-state index is 12.4. The Morgan fingerprint density at radius 1 is 1.35 bits per heavy atom. The number of hydrogen-bond donors (Lipinski definition) is 2. The van der Waals surface area contributed by atoms with Gasteiger partial charge in [0.15, 0.2) is 0 Å². The Labute approximate surface area is 121 Å². The first kappa shape index (κ1) is 14.9. The fraction of sp³-hybridized carbons (Fsp3) is 0.562. The summed E-state index contributed by atoms with van der Waals surface area (Å²) in [7, 11) is 0. The van der Waals surface area contributed by atoms with Crippen LogP contribution < -0.4 is 10.6 Å². The van der Waals surface area contributed by atoms with Crippen LogP contribution >= 0.6 is 0 Å². The third-order valence-corrected chi connectivity index (χ3v) is 3.74. The van der Waals surface area contributed by atoms with Crippen LogP contribution in [0.5, 0.6) is 0 Å². The summed E-state index contributed by atoms with van der Waals surface area (Å²) < 4.78 is 0. The number of nitrogens with zero attached hydrogens (tertiary/aromatic N) is 1. The van der Waals surface area contributed by atoms with E-state index in [9.17, 15) is 4.79 Å². The Hall–Kier alpha value is -1.55. The Morgan fingerprint density at radius 3 is 2.70 bits per heavy atom. The van der Waals surface area contributed by atoms with Crippen LogP contribution in [0.2, 0.25) is 0 Å². The first-order chi connectivity index (χ1) is 9.66. The number of amides is 2. The standard InChI is InChI=1S/C16H25N3O/c1-13(2)19(12-15-10-6-7-11-17-15)16(20)18-14-8-4-3-5-9-14/h3-5,8-9,13,15,17H,6-7,10-12H2,1-2H3,(H,18,20). The average molecular weight is 275 g/mol. The minimum atomic E-state index is -0.0152. The molecular weight excluding hydrogens is 250 g/mol. The Morgan fingerprint density at radius 2 is 2.10 bits per heavy atom. The van der Waals surface area contributed by atoms with Crippen LogP contribution in [0, 0.1) is 0 Å². The second-order valence-corrected chi connectivity index (χ2v) is 5.69. The van der Waals surface area contributed by atoms with Crippen molar-refractivity contribution in [1.29, 1.82) is 0 Å². The van der Waals surface area contributed by atoms with Crippen LogP contribution in [0.1, 0.15) is 33.1 Å². The minimum Gasteiger partial charge on any atom is -0.321 e. The molecule has 1 aliphatic heterocycles. The second-order valence-electron chi connectivity index (χ2n) is 5.69. The molecule has 1 aromatic rings. The van der Waals surface area contributed by atoms with Gasteiger partial charge >= 0.3 is 6.03 Å². The molecule has 20 heavy (non-hydrogen) atoms. The number of rotatable bonds is 4. The number of piperidine rings is 1. The van der Waals surface area contributed by atoms with E-state index in [4.69, 9.17) is 0 Å². The van der Waals surface area contributed by atoms with Gasteiger partial charge in [-0.25, -0.2) is 4.79 Å². The number of carbonyl (C=O) groups is 1. The van der Waals surface area contributed by atoms with E-state index in [1.54, 1.807) is 0 Å². The minimum absolute atomic E-state index is 0.0152. The van der Waals surface area contributed by atoms with E-state index in [0.29, 0.717) is 6.04 Å². The third kappa shape index (κ3) is 4.23. The first-order valence-electron chi connectivity index (χ1n) is 7.53. The SMILES string of the molecule is CC(C)N(CC1CCCCN1)C(=O)Nc1ccccc1. The number of benzene rings is 1. The van der Waals surface area contributed by atoms with Crippen molar-refractivity contribution in [1.82, 2.24) is 10.2 Å². The van der Waals surface area contributed by atoms with Gasteiger partial charge in [-0.15, -0.1) is 0 Å². The van der Waals surface area contributed by atoms with Gasteiger partial charge in [0, 0.05) is 24.3 Å². The monoisotopic (exact) mass is 275 g/mol. The summed E-state index contributed by atoms with van der Waals surface area (Å²) in [5.74, 6) is 0. The van der Waals surface area contributed by atoms with Crippen molar-refractivity contribution in [2.75, 3.05) is 18.4 Å². The molecular formula is C16H25N3O. The predicted octanol–water partition coefficient (Wildman–Crippen LogP) is 3.07. The number of urea groups is 1. The molecule has 1 atom stereocenters. The van der Waals surface area contributed by atoms with Gasteiger partial charge in [0.1, 0.15) is 0 Å². The third-order valence-electron chi connectivity index (χ3n) is 3.74. The van der Waals surface area contributed by atoms with Gasteiger partial charge in [0.2, 0.25) is 0 Å². The van der Waals surface area contributed by atoms with Crippen molar-refractivity contribution in [3.05, 3.63) is 30.3 Å². The molecule has 0 bridgehead atoms. The molecule has 1 aliphatic rings. The summed E-state index contributed by atoms with van der Waals surface area (Å²) in [4.78, 5) is 14.3. The lowest BCUT2D eigenvalue weighted by Gasteiger charge is -2.33. The maximum Gasteiger partial charge on any atom is 0.322 e. The van der Waals surface area contributed by atoms with E-state index in [1.165, 1.54) is 12.8 Å². The molecule has 1 aromatic carbocycles. The summed E-state index contributed by atoms with van der Waals surface area (Å²) >= 11 is 0. The van der Waals surface area contributed by atoms with E-state index in [2.05, 4.69) is 24.5 Å². The van der Waals surface area contributed by atoms with Gasteiger partial charge in [-0.05, 0) is 45.4 Å². The molecule has 0 aromatic heterocycles. The second kappa shape index (κ2) is 7.29. The molecule has 1 saturated heterocycles. The average Bonchev–Trinajstić information content (AvgIpc) is 2.46. The van der Waals surface area contributed by atoms with Crippen molar-refractivity contribution >= 4 is 11.7 Å². The van der Waals surface area contributed by atoms with Crippen molar-refractivity contribution in [2.45, 2.75) is 45.2 Å². The largest absolute Gasteiger partial charge is 0.322 e. The molecule has 1 unspecified atom stereocenters. The number of carbonyl (C=O) groups excluding carboxylic acids is 1. The lowest BCUT2D eigenvalue weighted by Crippen LogP contribution is -2.49. The Balaban J connectivity index is 1.95. The molecule has 1 fully saturated rings. The van der Waals surface area contributed by atoms with Crippen molar-refractivity contribution in [3.8, 4) is 0 Å². The fourth-order valence-electron chi connectivity index (χ4n) is 2.56. The van der Waals surface area contributed by atoms with E-state index in [-0.39, 0.29) is 12.1 Å². The summed E-state index contributed by atoms with van der Waals surface area (Å²) in [6, 6.07) is 10.2.